The van der Waals surface area contributed by atoms with Crippen LogP contribution in [-0.4, -0.2) is 46.6 Å². The lowest BCUT2D eigenvalue weighted by Crippen LogP contribution is -2.25. The van der Waals surface area contributed by atoms with E-state index in [4.69, 9.17) is 4.74 Å². The summed E-state index contributed by atoms with van der Waals surface area (Å²) in [6.45, 7) is 2.14. The Labute approximate surface area is 207 Å². The van der Waals surface area contributed by atoms with Crippen LogP contribution in [0.15, 0.2) is 65.1 Å². The van der Waals surface area contributed by atoms with Crippen molar-refractivity contribution in [1.82, 2.24) is 9.99 Å². The zero-order valence-electron chi connectivity index (χ0n) is 19.4. The Hall–Kier alpha value is -3.85. The molecule has 8 nitrogen and oxygen atoms in total. The number of carbonyl (C=O) groups is 3. The molecule has 1 N–H and O–H groups in total. The molecule has 0 atom stereocenters. The number of aryl methyl sites for hydroxylation is 1. The van der Waals surface area contributed by atoms with Crippen molar-refractivity contribution in [3.63, 3.8) is 0 Å². The van der Waals surface area contributed by atoms with E-state index in [2.05, 4.69) is 34.5 Å². The van der Waals surface area contributed by atoms with Crippen molar-refractivity contribution in [2.75, 3.05) is 18.5 Å². The van der Waals surface area contributed by atoms with Crippen molar-refractivity contribution in [3.8, 4) is 11.3 Å². The zero-order chi connectivity index (χ0) is 24.6. The molecule has 1 aromatic heterocycles. The molecule has 9 heteroatoms. The Morgan fingerprint density at radius 3 is 2.54 bits per heavy atom. The smallest absolute Gasteiger partial charge is 0.306 e. The SMILES string of the molecule is CCc1ccc(-c2csc(NC(=O)COC(=O)CCC(=O)N3CCC(c4ccccc4)=N3)n2)cc1. The standard InChI is InChI=1S/C26H26N4O4S/c1-2-18-8-10-20(11-9-18)22-17-35-26(27-22)28-23(31)16-34-25(33)13-12-24(32)30-15-14-21(29-30)19-6-4-3-5-7-19/h3-11,17H,2,12-16H2,1H3,(H,27,28,31). The molecule has 180 valence electrons. The second-order valence-electron chi connectivity index (χ2n) is 7.98. The van der Waals surface area contributed by atoms with E-state index < -0.39 is 18.5 Å². The quantitative estimate of drug-likeness (QED) is 0.452. The number of nitrogens with zero attached hydrogens (tertiary/aromatic N) is 3. The molecule has 4 rings (SSSR count). The van der Waals surface area contributed by atoms with Crippen molar-refractivity contribution in [2.24, 2.45) is 5.10 Å². The number of anilines is 1. The number of amides is 2. The molecule has 0 aliphatic carbocycles. The lowest BCUT2D eigenvalue weighted by molar-refractivity contribution is -0.148. The Kier molecular flexibility index (Phi) is 7.99. The molecule has 1 aliphatic rings. The minimum Gasteiger partial charge on any atom is -0.456 e. The maximum Gasteiger partial charge on any atom is 0.306 e. The van der Waals surface area contributed by atoms with Gasteiger partial charge < -0.3 is 4.74 Å². The molecule has 1 aliphatic heterocycles. The van der Waals surface area contributed by atoms with Gasteiger partial charge in [0.25, 0.3) is 5.91 Å². The number of benzene rings is 2. The fourth-order valence-corrected chi connectivity index (χ4v) is 4.29. The molecule has 3 aromatic rings. The number of hydrogen-bond acceptors (Lipinski definition) is 7. The van der Waals surface area contributed by atoms with Gasteiger partial charge in [0.2, 0.25) is 5.91 Å². The highest BCUT2D eigenvalue weighted by Crippen LogP contribution is 2.25. The number of thiazole rings is 1. The van der Waals surface area contributed by atoms with Gasteiger partial charge in [0, 0.05) is 23.8 Å². The molecule has 35 heavy (non-hydrogen) atoms. The topological polar surface area (TPSA) is 101 Å². The van der Waals surface area contributed by atoms with E-state index in [9.17, 15) is 14.4 Å². The molecule has 0 saturated heterocycles. The molecule has 2 amide bonds. The average molecular weight is 491 g/mol. The van der Waals surface area contributed by atoms with Crippen LogP contribution in [0.2, 0.25) is 0 Å². The second kappa shape index (κ2) is 11.5. The summed E-state index contributed by atoms with van der Waals surface area (Å²) in [4.78, 5) is 41.0. The third-order valence-electron chi connectivity index (χ3n) is 5.51. The summed E-state index contributed by atoms with van der Waals surface area (Å²) in [7, 11) is 0. The molecular formula is C26H26N4O4S. The molecule has 0 saturated carbocycles. The summed E-state index contributed by atoms with van der Waals surface area (Å²) in [5.74, 6) is -1.35. The van der Waals surface area contributed by atoms with E-state index >= 15 is 0 Å². The zero-order valence-corrected chi connectivity index (χ0v) is 20.2. The van der Waals surface area contributed by atoms with Crippen LogP contribution < -0.4 is 5.32 Å². The van der Waals surface area contributed by atoms with Crippen LogP contribution in [0.5, 0.6) is 0 Å². The minimum absolute atomic E-state index is 0.0291. The van der Waals surface area contributed by atoms with Gasteiger partial charge in [-0.15, -0.1) is 11.3 Å². The lowest BCUT2D eigenvalue weighted by Gasteiger charge is -2.11. The van der Waals surface area contributed by atoms with Gasteiger partial charge in [-0.05, 0) is 17.5 Å². The van der Waals surface area contributed by atoms with E-state index in [-0.39, 0.29) is 18.7 Å². The van der Waals surface area contributed by atoms with Gasteiger partial charge >= 0.3 is 5.97 Å². The highest BCUT2D eigenvalue weighted by Gasteiger charge is 2.22. The van der Waals surface area contributed by atoms with Crippen molar-refractivity contribution in [2.45, 2.75) is 32.6 Å². The molecule has 0 unspecified atom stereocenters. The summed E-state index contributed by atoms with van der Waals surface area (Å²) in [5, 5.41) is 10.7. The molecule has 0 bridgehead atoms. The Bertz CT molecular complexity index is 1220. The first-order valence-electron chi connectivity index (χ1n) is 11.5. The van der Waals surface area contributed by atoms with Gasteiger partial charge in [-0.2, -0.15) is 5.10 Å². The number of aromatic nitrogens is 1. The van der Waals surface area contributed by atoms with Gasteiger partial charge in [-0.1, -0.05) is 61.5 Å². The molecule has 2 heterocycles. The van der Waals surface area contributed by atoms with E-state index in [1.807, 2.05) is 47.8 Å². The third kappa shape index (κ3) is 6.60. The van der Waals surface area contributed by atoms with Crippen molar-refractivity contribution in [1.29, 1.82) is 0 Å². The monoisotopic (exact) mass is 490 g/mol. The number of hydrogen-bond donors (Lipinski definition) is 1. The average Bonchev–Trinajstić information content (AvgIpc) is 3.57. The number of ether oxygens (including phenoxy) is 1. The molecular weight excluding hydrogens is 464 g/mol. The van der Waals surface area contributed by atoms with Crippen LogP contribution >= 0.6 is 11.3 Å². The van der Waals surface area contributed by atoms with Gasteiger partial charge in [0.15, 0.2) is 11.7 Å². The second-order valence-corrected chi connectivity index (χ2v) is 8.83. The first kappa shape index (κ1) is 24.3. The molecule has 2 aromatic carbocycles. The number of esters is 1. The highest BCUT2D eigenvalue weighted by atomic mass is 32.1. The highest BCUT2D eigenvalue weighted by molar-refractivity contribution is 7.14. The fraction of sp³-hybridized carbons (Fsp3) is 0.269. The summed E-state index contributed by atoms with van der Waals surface area (Å²) in [5.41, 5.74) is 4.80. The number of carbonyl (C=O) groups excluding carboxylic acids is 3. The molecule has 0 radical (unpaired) electrons. The third-order valence-corrected chi connectivity index (χ3v) is 6.27. The Morgan fingerprint density at radius 2 is 1.80 bits per heavy atom. The molecule has 0 fully saturated rings. The van der Waals surface area contributed by atoms with Crippen molar-refractivity contribution < 1.29 is 19.1 Å². The fourth-order valence-electron chi connectivity index (χ4n) is 3.56. The number of nitrogens with one attached hydrogen (secondary N) is 1. The summed E-state index contributed by atoms with van der Waals surface area (Å²) >= 11 is 1.30. The minimum atomic E-state index is -0.615. The predicted octanol–water partition coefficient (Wildman–Crippen LogP) is 4.27. The van der Waals surface area contributed by atoms with Crippen LogP contribution in [0, 0.1) is 0 Å². The Balaban J connectivity index is 1.18. The Morgan fingerprint density at radius 1 is 1.03 bits per heavy atom. The van der Waals surface area contributed by atoms with Crippen molar-refractivity contribution >= 4 is 40.0 Å². The normalized spacial score (nSPS) is 12.8. The van der Waals surface area contributed by atoms with Crippen LogP contribution in [0.1, 0.15) is 37.3 Å². The summed E-state index contributed by atoms with van der Waals surface area (Å²) in [6.07, 6.45) is 1.49. The van der Waals surface area contributed by atoms with Crippen LogP contribution in [0.25, 0.3) is 11.3 Å². The first-order chi connectivity index (χ1) is 17.0. The largest absolute Gasteiger partial charge is 0.456 e. The van der Waals surface area contributed by atoms with Gasteiger partial charge in [0.1, 0.15) is 0 Å². The van der Waals surface area contributed by atoms with E-state index in [1.165, 1.54) is 21.9 Å². The van der Waals surface area contributed by atoms with Crippen LogP contribution in [0.4, 0.5) is 5.13 Å². The van der Waals surface area contributed by atoms with Gasteiger partial charge in [-0.25, -0.2) is 9.99 Å². The van der Waals surface area contributed by atoms with Gasteiger partial charge in [-0.3, -0.25) is 19.7 Å². The predicted molar refractivity (Wildman–Crippen MR) is 135 cm³/mol. The summed E-state index contributed by atoms with van der Waals surface area (Å²) < 4.78 is 5.02. The summed E-state index contributed by atoms with van der Waals surface area (Å²) in [6, 6.07) is 17.8. The van der Waals surface area contributed by atoms with E-state index in [0.29, 0.717) is 18.1 Å². The maximum absolute atomic E-state index is 12.4. The van der Waals surface area contributed by atoms with E-state index in [0.717, 1.165) is 29.0 Å². The van der Waals surface area contributed by atoms with Crippen molar-refractivity contribution in [3.05, 3.63) is 71.1 Å². The number of rotatable bonds is 9. The van der Waals surface area contributed by atoms with E-state index in [1.54, 1.807) is 0 Å². The first-order valence-corrected chi connectivity index (χ1v) is 12.3. The van der Waals surface area contributed by atoms with Crippen LogP contribution in [-0.2, 0) is 25.5 Å². The van der Waals surface area contributed by atoms with Gasteiger partial charge in [0.05, 0.1) is 24.4 Å². The molecule has 0 spiro atoms. The maximum atomic E-state index is 12.4. The van der Waals surface area contributed by atoms with Crippen LogP contribution in [0.3, 0.4) is 0 Å². The lowest BCUT2D eigenvalue weighted by atomic mass is 10.1. The number of hydrazone groups is 1.